The van der Waals surface area contributed by atoms with Gasteiger partial charge < -0.3 is 15.3 Å². The standard InChI is InChI=1S/C12H18N4O/c17-7-9-2-4-16(6-9)12-10-1-3-13-5-11(10)14-8-15-12/h8-9,13,17H,1-7H2/t9-/m0/s1. The van der Waals surface area contributed by atoms with Gasteiger partial charge in [0.1, 0.15) is 12.1 Å². The maximum Gasteiger partial charge on any atom is 0.135 e. The van der Waals surface area contributed by atoms with Crippen LogP contribution in [0.4, 0.5) is 5.82 Å². The normalized spacial score (nSPS) is 23.8. The van der Waals surface area contributed by atoms with Crippen LogP contribution in [0.2, 0.25) is 0 Å². The lowest BCUT2D eigenvalue weighted by atomic mass is 10.1. The van der Waals surface area contributed by atoms with Crippen LogP contribution in [0.15, 0.2) is 6.33 Å². The average Bonchev–Trinajstić information content (AvgIpc) is 2.87. The molecule has 0 aromatic carbocycles. The van der Waals surface area contributed by atoms with E-state index in [-0.39, 0.29) is 6.61 Å². The first-order valence-electron chi connectivity index (χ1n) is 6.27. The molecule has 1 aromatic heterocycles. The van der Waals surface area contributed by atoms with Gasteiger partial charge in [-0.25, -0.2) is 9.97 Å². The van der Waals surface area contributed by atoms with Crippen molar-refractivity contribution in [3.05, 3.63) is 17.6 Å². The second-order valence-electron chi connectivity index (χ2n) is 4.83. The summed E-state index contributed by atoms with van der Waals surface area (Å²) in [4.78, 5) is 11.1. The van der Waals surface area contributed by atoms with Crippen molar-refractivity contribution in [1.29, 1.82) is 0 Å². The third kappa shape index (κ3) is 2.00. The summed E-state index contributed by atoms with van der Waals surface area (Å²) in [6.45, 7) is 4.06. The summed E-state index contributed by atoms with van der Waals surface area (Å²) >= 11 is 0. The molecule has 1 atom stereocenters. The summed E-state index contributed by atoms with van der Waals surface area (Å²) in [5.41, 5.74) is 2.43. The molecular formula is C12H18N4O. The summed E-state index contributed by atoms with van der Waals surface area (Å²) in [5, 5.41) is 12.5. The van der Waals surface area contributed by atoms with Crippen LogP contribution in [0.5, 0.6) is 0 Å². The molecule has 0 aliphatic carbocycles. The van der Waals surface area contributed by atoms with Crippen LogP contribution >= 0.6 is 0 Å². The molecule has 3 heterocycles. The summed E-state index contributed by atoms with van der Waals surface area (Å²) in [6, 6.07) is 0. The number of rotatable bonds is 2. The van der Waals surface area contributed by atoms with Crippen molar-refractivity contribution in [2.75, 3.05) is 31.1 Å². The highest BCUT2D eigenvalue weighted by Crippen LogP contribution is 2.27. The topological polar surface area (TPSA) is 61.3 Å². The molecule has 17 heavy (non-hydrogen) atoms. The zero-order valence-electron chi connectivity index (χ0n) is 9.89. The largest absolute Gasteiger partial charge is 0.396 e. The highest BCUT2D eigenvalue weighted by molar-refractivity contribution is 5.50. The zero-order valence-corrected chi connectivity index (χ0v) is 9.89. The van der Waals surface area contributed by atoms with Gasteiger partial charge in [0.05, 0.1) is 5.69 Å². The summed E-state index contributed by atoms with van der Waals surface area (Å²) in [5.74, 6) is 1.50. The van der Waals surface area contributed by atoms with Crippen LogP contribution in [-0.2, 0) is 13.0 Å². The fourth-order valence-corrected chi connectivity index (χ4v) is 2.71. The predicted octanol–water partition coefficient (Wildman–Crippen LogP) is -0.0591. The molecule has 3 rings (SSSR count). The molecule has 2 N–H and O–H groups in total. The van der Waals surface area contributed by atoms with Crippen molar-refractivity contribution in [2.24, 2.45) is 5.92 Å². The summed E-state index contributed by atoms with van der Waals surface area (Å²) in [6.07, 6.45) is 3.73. The third-order valence-electron chi connectivity index (χ3n) is 3.70. The molecule has 1 aromatic rings. The first kappa shape index (κ1) is 10.9. The van der Waals surface area contributed by atoms with Crippen molar-refractivity contribution in [2.45, 2.75) is 19.4 Å². The number of aromatic nitrogens is 2. The maximum absolute atomic E-state index is 9.20. The third-order valence-corrected chi connectivity index (χ3v) is 3.70. The molecule has 1 saturated heterocycles. The molecule has 5 nitrogen and oxygen atoms in total. The van der Waals surface area contributed by atoms with Gasteiger partial charge in [-0.3, -0.25) is 0 Å². The lowest BCUT2D eigenvalue weighted by molar-refractivity contribution is 0.238. The molecule has 0 saturated carbocycles. The van der Waals surface area contributed by atoms with Crippen molar-refractivity contribution >= 4 is 5.82 Å². The summed E-state index contributed by atoms with van der Waals surface area (Å²) < 4.78 is 0. The molecule has 0 spiro atoms. The number of nitrogens with one attached hydrogen (secondary N) is 1. The van der Waals surface area contributed by atoms with E-state index in [0.29, 0.717) is 5.92 Å². The van der Waals surface area contributed by atoms with Crippen LogP contribution < -0.4 is 10.2 Å². The first-order valence-corrected chi connectivity index (χ1v) is 6.27. The Hall–Kier alpha value is -1.20. The van der Waals surface area contributed by atoms with E-state index >= 15 is 0 Å². The Bertz CT molecular complexity index is 409. The highest BCUT2D eigenvalue weighted by atomic mass is 16.3. The maximum atomic E-state index is 9.20. The second-order valence-corrected chi connectivity index (χ2v) is 4.83. The molecule has 92 valence electrons. The average molecular weight is 234 g/mol. The second kappa shape index (κ2) is 4.58. The van der Waals surface area contributed by atoms with Gasteiger partial charge in [-0.05, 0) is 19.4 Å². The van der Waals surface area contributed by atoms with Crippen LogP contribution in [0.25, 0.3) is 0 Å². The minimum atomic E-state index is 0.283. The van der Waals surface area contributed by atoms with Crippen molar-refractivity contribution in [3.8, 4) is 0 Å². The van der Waals surface area contributed by atoms with Gasteiger partial charge >= 0.3 is 0 Å². The van der Waals surface area contributed by atoms with Gasteiger partial charge in [0, 0.05) is 37.7 Å². The minimum absolute atomic E-state index is 0.283. The quantitative estimate of drug-likeness (QED) is 0.751. The van der Waals surface area contributed by atoms with Gasteiger partial charge in [-0.1, -0.05) is 0 Å². The number of fused-ring (bicyclic) bond motifs is 1. The fraction of sp³-hybridized carbons (Fsp3) is 0.667. The number of anilines is 1. The fourth-order valence-electron chi connectivity index (χ4n) is 2.71. The van der Waals surface area contributed by atoms with Crippen molar-refractivity contribution in [3.63, 3.8) is 0 Å². The van der Waals surface area contributed by atoms with Gasteiger partial charge in [0.25, 0.3) is 0 Å². The van der Waals surface area contributed by atoms with E-state index in [2.05, 4.69) is 20.2 Å². The summed E-state index contributed by atoms with van der Waals surface area (Å²) in [7, 11) is 0. The zero-order chi connectivity index (χ0) is 11.7. The number of nitrogens with zero attached hydrogens (tertiary/aromatic N) is 3. The Morgan fingerprint density at radius 3 is 3.24 bits per heavy atom. The van der Waals surface area contributed by atoms with E-state index in [9.17, 15) is 5.11 Å². The van der Waals surface area contributed by atoms with E-state index in [1.165, 1.54) is 5.56 Å². The van der Waals surface area contributed by atoms with Crippen LogP contribution in [-0.4, -0.2) is 41.3 Å². The SMILES string of the molecule is OC[C@H]1CCN(c2ncnc3c2CCNC3)C1. The first-order chi connectivity index (χ1) is 8.38. The lowest BCUT2D eigenvalue weighted by Gasteiger charge is -2.24. The molecule has 0 unspecified atom stereocenters. The van der Waals surface area contributed by atoms with Crippen LogP contribution in [0, 0.1) is 5.92 Å². The molecular weight excluding hydrogens is 216 g/mol. The molecule has 0 radical (unpaired) electrons. The van der Waals surface area contributed by atoms with E-state index in [1.807, 2.05) is 0 Å². The smallest absolute Gasteiger partial charge is 0.135 e. The Kier molecular flexibility index (Phi) is 2.94. The predicted molar refractivity (Wildman–Crippen MR) is 64.8 cm³/mol. The number of aliphatic hydroxyl groups is 1. The Morgan fingerprint density at radius 2 is 2.41 bits per heavy atom. The van der Waals surface area contributed by atoms with Crippen molar-refractivity contribution in [1.82, 2.24) is 15.3 Å². The Balaban J connectivity index is 1.88. The number of hydrogen-bond donors (Lipinski definition) is 2. The van der Waals surface area contributed by atoms with E-state index < -0.39 is 0 Å². The molecule has 5 heteroatoms. The Labute approximate surface area is 101 Å². The van der Waals surface area contributed by atoms with Gasteiger partial charge in [0.15, 0.2) is 0 Å². The van der Waals surface area contributed by atoms with Crippen molar-refractivity contribution < 1.29 is 5.11 Å². The molecule has 2 aliphatic heterocycles. The molecule has 0 amide bonds. The van der Waals surface area contributed by atoms with Gasteiger partial charge in [0.2, 0.25) is 0 Å². The van der Waals surface area contributed by atoms with E-state index in [0.717, 1.165) is 50.5 Å². The highest BCUT2D eigenvalue weighted by Gasteiger charge is 2.26. The Morgan fingerprint density at radius 1 is 1.47 bits per heavy atom. The van der Waals surface area contributed by atoms with Gasteiger partial charge in [-0.2, -0.15) is 0 Å². The number of hydrogen-bond acceptors (Lipinski definition) is 5. The van der Waals surface area contributed by atoms with E-state index in [1.54, 1.807) is 6.33 Å². The minimum Gasteiger partial charge on any atom is -0.396 e. The van der Waals surface area contributed by atoms with Crippen LogP contribution in [0.3, 0.4) is 0 Å². The molecule has 2 aliphatic rings. The van der Waals surface area contributed by atoms with E-state index in [4.69, 9.17) is 0 Å². The molecule has 1 fully saturated rings. The van der Waals surface area contributed by atoms with Gasteiger partial charge in [-0.15, -0.1) is 0 Å². The molecule has 0 bridgehead atoms. The lowest BCUT2D eigenvalue weighted by Crippen LogP contribution is -2.29. The van der Waals surface area contributed by atoms with Crippen LogP contribution in [0.1, 0.15) is 17.7 Å². The number of aliphatic hydroxyl groups excluding tert-OH is 1. The monoisotopic (exact) mass is 234 g/mol.